The molecule has 0 aliphatic rings. The van der Waals surface area contributed by atoms with Gasteiger partial charge in [-0.05, 0) is 0 Å². The fourth-order valence-electron chi connectivity index (χ4n) is 0.121. The quantitative estimate of drug-likeness (QED) is 0.491. The van der Waals surface area contributed by atoms with Gasteiger partial charge < -0.3 is 5.11 Å². The van der Waals surface area contributed by atoms with Gasteiger partial charge in [-0.1, -0.05) is 11.6 Å². The lowest BCUT2D eigenvalue weighted by Crippen LogP contribution is -2.42. The first-order valence-electron chi connectivity index (χ1n) is 1.87. The highest BCUT2D eigenvalue weighted by atomic mass is 35.5. The van der Waals surface area contributed by atoms with E-state index in [1.807, 2.05) is 0 Å². The molecule has 0 fully saturated rings. The van der Waals surface area contributed by atoms with Crippen molar-refractivity contribution in [1.82, 2.24) is 0 Å². The first kappa shape index (κ1) is 9.48. The molecule has 0 heterocycles. The standard InChI is InChI=1S/C3HClF4O2/c4-2(5,1(9)10)3(6,7)8/h(H,9,10)/t2-/m0/s1. The van der Waals surface area contributed by atoms with Crippen LogP contribution in [0.4, 0.5) is 17.6 Å². The molecule has 0 aliphatic carbocycles. The SMILES string of the molecule is O=C(O)[C@@](F)(Cl)C(F)(F)F. The first-order valence-corrected chi connectivity index (χ1v) is 2.25. The maximum Gasteiger partial charge on any atom is 0.448 e. The van der Waals surface area contributed by atoms with Crippen LogP contribution in [0, 0.1) is 0 Å². The van der Waals surface area contributed by atoms with E-state index in [9.17, 15) is 22.4 Å². The van der Waals surface area contributed by atoms with Crippen molar-refractivity contribution in [3.05, 3.63) is 0 Å². The predicted octanol–water partition coefficient (Wildman–Crippen LogP) is 1.54. The monoisotopic (exact) mass is 180 g/mol. The third kappa shape index (κ3) is 1.50. The summed E-state index contributed by atoms with van der Waals surface area (Å²) in [6.45, 7) is 0. The summed E-state index contributed by atoms with van der Waals surface area (Å²) < 4.78 is 45.3. The van der Waals surface area contributed by atoms with E-state index in [2.05, 4.69) is 11.6 Å². The van der Waals surface area contributed by atoms with Crippen molar-refractivity contribution >= 4 is 17.6 Å². The minimum absolute atomic E-state index is 2.76. The average molecular weight is 180 g/mol. The van der Waals surface area contributed by atoms with Crippen LogP contribution in [0.5, 0.6) is 0 Å². The maximum atomic E-state index is 11.8. The number of hydrogen-bond acceptors (Lipinski definition) is 1. The minimum atomic E-state index is -5.58. The number of alkyl halides is 5. The molecule has 1 N–H and O–H groups in total. The molecule has 0 amide bonds. The zero-order valence-electron chi connectivity index (χ0n) is 4.25. The van der Waals surface area contributed by atoms with Crippen LogP contribution in [-0.4, -0.2) is 22.4 Å². The summed E-state index contributed by atoms with van der Waals surface area (Å²) in [7, 11) is 0. The molecule has 0 aromatic heterocycles. The number of carboxylic acid groups (broad SMARTS) is 1. The Morgan fingerprint density at radius 3 is 1.60 bits per heavy atom. The number of aliphatic carboxylic acids is 1. The lowest BCUT2D eigenvalue weighted by molar-refractivity contribution is -0.210. The Morgan fingerprint density at radius 1 is 1.30 bits per heavy atom. The van der Waals surface area contributed by atoms with E-state index in [0.717, 1.165) is 0 Å². The second kappa shape index (κ2) is 2.26. The van der Waals surface area contributed by atoms with Crippen LogP contribution in [-0.2, 0) is 4.79 Å². The molecule has 10 heavy (non-hydrogen) atoms. The van der Waals surface area contributed by atoms with Crippen LogP contribution in [0.3, 0.4) is 0 Å². The Kier molecular flexibility index (Phi) is 2.15. The van der Waals surface area contributed by atoms with Gasteiger partial charge in [0.05, 0.1) is 0 Å². The summed E-state index contributed by atoms with van der Waals surface area (Å²) in [6, 6.07) is 0. The van der Waals surface area contributed by atoms with Gasteiger partial charge in [0.2, 0.25) is 0 Å². The predicted molar refractivity (Wildman–Crippen MR) is 23.4 cm³/mol. The van der Waals surface area contributed by atoms with E-state index in [4.69, 9.17) is 5.11 Å². The van der Waals surface area contributed by atoms with Crippen molar-refractivity contribution in [2.24, 2.45) is 0 Å². The van der Waals surface area contributed by atoms with Crippen LogP contribution in [0.2, 0.25) is 0 Å². The van der Waals surface area contributed by atoms with Crippen LogP contribution in [0.25, 0.3) is 0 Å². The topological polar surface area (TPSA) is 37.3 Å². The van der Waals surface area contributed by atoms with E-state index < -0.39 is 17.3 Å². The van der Waals surface area contributed by atoms with Gasteiger partial charge in [0.25, 0.3) is 0 Å². The second-order valence-electron chi connectivity index (χ2n) is 1.38. The third-order valence-electron chi connectivity index (χ3n) is 0.625. The molecule has 2 nitrogen and oxygen atoms in total. The normalized spacial score (nSPS) is 18.1. The van der Waals surface area contributed by atoms with Crippen molar-refractivity contribution in [3.8, 4) is 0 Å². The Morgan fingerprint density at radius 2 is 1.60 bits per heavy atom. The summed E-state index contributed by atoms with van der Waals surface area (Å²) in [5.41, 5.74) is 0. The van der Waals surface area contributed by atoms with Crippen molar-refractivity contribution < 1.29 is 27.5 Å². The van der Waals surface area contributed by atoms with Crippen molar-refractivity contribution in [2.45, 2.75) is 11.3 Å². The maximum absolute atomic E-state index is 11.8. The molecule has 0 aliphatic heterocycles. The van der Waals surface area contributed by atoms with Crippen molar-refractivity contribution in [3.63, 3.8) is 0 Å². The van der Waals surface area contributed by atoms with Crippen LogP contribution >= 0.6 is 11.6 Å². The molecule has 0 aromatic rings. The number of carbonyl (C=O) groups is 1. The lowest BCUT2D eigenvalue weighted by atomic mass is 10.4. The Balaban J connectivity index is 4.57. The molecule has 0 radical (unpaired) electrons. The van der Waals surface area contributed by atoms with Gasteiger partial charge in [0.15, 0.2) is 0 Å². The summed E-state index contributed by atoms with van der Waals surface area (Å²) >= 11 is 3.96. The molecule has 0 saturated heterocycles. The van der Waals surface area contributed by atoms with E-state index in [0.29, 0.717) is 0 Å². The molecule has 60 valence electrons. The highest BCUT2D eigenvalue weighted by molar-refractivity contribution is 6.33. The van der Waals surface area contributed by atoms with Gasteiger partial charge in [0, 0.05) is 0 Å². The van der Waals surface area contributed by atoms with E-state index in [1.54, 1.807) is 0 Å². The molecular weight excluding hydrogens is 179 g/mol. The Bertz CT molecular complexity index is 151. The fraction of sp³-hybridized carbons (Fsp3) is 0.667. The van der Waals surface area contributed by atoms with Crippen LogP contribution in [0.1, 0.15) is 0 Å². The summed E-state index contributed by atoms with van der Waals surface area (Å²) in [6.07, 6.45) is -5.58. The largest absolute Gasteiger partial charge is 0.478 e. The molecule has 0 bridgehead atoms. The molecule has 1 atom stereocenters. The van der Waals surface area contributed by atoms with Crippen LogP contribution < -0.4 is 0 Å². The average Bonchev–Trinajstić information content (AvgIpc) is 1.62. The number of carboxylic acids is 1. The van der Waals surface area contributed by atoms with Gasteiger partial charge >= 0.3 is 17.3 Å². The van der Waals surface area contributed by atoms with Gasteiger partial charge in [-0.25, -0.2) is 9.18 Å². The molecule has 0 unspecified atom stereocenters. The number of hydrogen-bond donors (Lipinski definition) is 1. The smallest absolute Gasteiger partial charge is 0.448 e. The van der Waals surface area contributed by atoms with Gasteiger partial charge in [-0.2, -0.15) is 13.2 Å². The highest BCUT2D eigenvalue weighted by Gasteiger charge is 2.61. The molecule has 0 saturated carbocycles. The van der Waals surface area contributed by atoms with Crippen molar-refractivity contribution in [2.75, 3.05) is 0 Å². The highest BCUT2D eigenvalue weighted by Crippen LogP contribution is 2.37. The van der Waals surface area contributed by atoms with E-state index in [1.165, 1.54) is 0 Å². The number of rotatable bonds is 1. The van der Waals surface area contributed by atoms with Gasteiger partial charge in [-0.3, -0.25) is 0 Å². The fourth-order valence-corrected chi connectivity index (χ4v) is 0.121. The minimum Gasteiger partial charge on any atom is -0.478 e. The summed E-state index contributed by atoms with van der Waals surface area (Å²) in [5.74, 6) is -2.76. The van der Waals surface area contributed by atoms with E-state index >= 15 is 0 Å². The van der Waals surface area contributed by atoms with Gasteiger partial charge in [-0.15, -0.1) is 0 Å². The van der Waals surface area contributed by atoms with E-state index in [-0.39, 0.29) is 0 Å². The lowest BCUT2D eigenvalue weighted by Gasteiger charge is -2.15. The molecule has 0 spiro atoms. The zero-order chi connectivity index (χ0) is 8.58. The van der Waals surface area contributed by atoms with Gasteiger partial charge in [0.1, 0.15) is 0 Å². The Labute approximate surface area is 57.4 Å². The molecule has 0 rings (SSSR count). The first-order chi connectivity index (χ1) is 4.19. The third-order valence-corrected chi connectivity index (χ3v) is 1.00. The van der Waals surface area contributed by atoms with Crippen LogP contribution in [0.15, 0.2) is 0 Å². The zero-order valence-corrected chi connectivity index (χ0v) is 5.00. The summed E-state index contributed by atoms with van der Waals surface area (Å²) in [4.78, 5) is 9.44. The van der Waals surface area contributed by atoms with Crippen molar-refractivity contribution in [1.29, 1.82) is 0 Å². The Hall–Kier alpha value is -0.520. The second-order valence-corrected chi connectivity index (χ2v) is 1.90. The molecular formula is C3HClF4O2. The summed E-state index contributed by atoms with van der Waals surface area (Å²) in [5, 5.41) is 2.88. The molecule has 7 heteroatoms. The number of halogens is 5. The molecule has 0 aromatic carbocycles.